The third-order valence-corrected chi connectivity index (χ3v) is 8.95. The fourth-order valence-electron chi connectivity index (χ4n) is 3.10. The summed E-state index contributed by atoms with van der Waals surface area (Å²) in [4.78, 5) is 51.3. The molecule has 0 radical (unpaired) electrons. The lowest BCUT2D eigenvalue weighted by Gasteiger charge is -2.20. The number of ether oxygens (including phenoxy) is 2. The number of esters is 1. The topological polar surface area (TPSA) is 294 Å². The molecule has 0 saturated carbocycles. The van der Waals surface area contributed by atoms with Gasteiger partial charge in [0.25, 0.3) is 0 Å². The molecule has 3 heterocycles. The van der Waals surface area contributed by atoms with E-state index in [0.717, 1.165) is 13.3 Å². The van der Waals surface area contributed by atoms with E-state index in [4.69, 9.17) is 10.5 Å². The van der Waals surface area contributed by atoms with Gasteiger partial charge in [0, 0.05) is 13.3 Å². The molecule has 23 heteroatoms. The Morgan fingerprint density at radius 2 is 1.68 bits per heavy atom. The van der Waals surface area contributed by atoms with Gasteiger partial charge in [-0.25, -0.2) is 28.6 Å². The van der Waals surface area contributed by atoms with E-state index in [2.05, 4.69) is 37.4 Å². The maximum Gasteiger partial charge on any atom is 0.490 e. The first-order chi connectivity index (χ1) is 17.6. The van der Waals surface area contributed by atoms with Gasteiger partial charge in [-0.05, 0) is 0 Å². The van der Waals surface area contributed by atoms with Crippen molar-refractivity contribution >= 4 is 46.4 Å². The molecule has 3 unspecified atom stereocenters. The number of aromatic nitrogens is 4. The minimum atomic E-state index is -5.73. The average Bonchev–Trinajstić information content (AvgIpc) is 3.32. The van der Waals surface area contributed by atoms with Crippen LogP contribution in [-0.4, -0.2) is 88.5 Å². The Labute approximate surface area is 213 Å². The van der Waals surface area contributed by atoms with Gasteiger partial charge in [-0.3, -0.25) is 18.4 Å². The minimum absolute atomic E-state index is 0.0375. The molecule has 214 valence electrons. The predicted octanol–water partition coefficient (Wildman–Crippen LogP) is -0.652. The molecule has 1 fully saturated rings. The molecule has 0 aliphatic carbocycles. The van der Waals surface area contributed by atoms with Crippen LogP contribution in [0.15, 0.2) is 12.7 Å². The second-order valence-electron chi connectivity index (χ2n) is 7.52. The van der Waals surface area contributed by atoms with Crippen molar-refractivity contribution in [2.45, 2.75) is 37.9 Å². The lowest BCUT2D eigenvalue weighted by Crippen LogP contribution is -2.33. The number of fused-ring (bicyclic) bond motifs is 1. The summed E-state index contributed by atoms with van der Waals surface area (Å²) < 4.78 is 63.9. The summed E-state index contributed by atoms with van der Waals surface area (Å²) in [7, 11) is -16.5. The number of carbonyl (C=O) groups is 1. The number of aliphatic hydroxyl groups is 2. The third-order valence-electron chi connectivity index (χ3n) is 4.66. The van der Waals surface area contributed by atoms with E-state index in [1.54, 1.807) is 0 Å². The minimum Gasteiger partial charge on any atom is -0.466 e. The Kier molecular flexibility index (Phi) is 9.76. The first-order valence-electron chi connectivity index (χ1n) is 10.4. The molecular formula is C15H24N5O15P3. The maximum absolute atomic E-state index is 12.1. The molecule has 1 aliphatic rings. The number of carbonyl (C=O) groups excluding carboxylic acids is 1. The van der Waals surface area contributed by atoms with E-state index in [-0.39, 0.29) is 30.0 Å². The van der Waals surface area contributed by atoms with Crippen LogP contribution < -0.4 is 5.73 Å². The fourth-order valence-corrected chi connectivity index (χ4v) is 6.64. The number of hydrogen-bond acceptors (Lipinski definition) is 16. The molecule has 0 amide bonds. The Morgan fingerprint density at radius 1 is 1.03 bits per heavy atom. The number of anilines is 1. The highest BCUT2D eigenvalue weighted by Gasteiger charge is 2.47. The third kappa shape index (κ3) is 8.06. The first kappa shape index (κ1) is 30.6. The summed E-state index contributed by atoms with van der Waals surface area (Å²) in [5.74, 6) is -0.577. The molecule has 7 atom stereocenters. The first-order valence-corrected chi connectivity index (χ1v) is 14.9. The van der Waals surface area contributed by atoms with Crippen LogP contribution in [0.3, 0.4) is 0 Å². The van der Waals surface area contributed by atoms with Crippen molar-refractivity contribution in [3.8, 4) is 0 Å². The maximum atomic E-state index is 12.1. The van der Waals surface area contributed by atoms with Crippen molar-refractivity contribution < 1.29 is 70.5 Å². The largest absolute Gasteiger partial charge is 0.490 e. The van der Waals surface area contributed by atoms with E-state index in [9.17, 15) is 43.4 Å². The van der Waals surface area contributed by atoms with Crippen LogP contribution in [0.5, 0.6) is 0 Å². The summed E-state index contributed by atoms with van der Waals surface area (Å²) >= 11 is 0. The summed E-state index contributed by atoms with van der Waals surface area (Å²) in [6, 6.07) is 0. The Bertz CT molecular complexity index is 1290. The molecule has 3 rings (SSSR count). The quantitative estimate of drug-likeness (QED) is 0.0936. The van der Waals surface area contributed by atoms with Gasteiger partial charge in [0.15, 0.2) is 17.7 Å². The predicted molar refractivity (Wildman–Crippen MR) is 120 cm³/mol. The molecule has 2 aromatic rings. The molecule has 2 aromatic heterocycles. The number of imidazole rings is 1. The van der Waals surface area contributed by atoms with Gasteiger partial charge in [-0.1, -0.05) is 0 Å². The smallest absolute Gasteiger partial charge is 0.466 e. The van der Waals surface area contributed by atoms with Crippen molar-refractivity contribution in [2.75, 3.05) is 25.6 Å². The van der Waals surface area contributed by atoms with Crippen LogP contribution in [-0.2, 0) is 45.6 Å². The zero-order valence-corrected chi connectivity index (χ0v) is 22.0. The van der Waals surface area contributed by atoms with Crippen molar-refractivity contribution in [1.82, 2.24) is 19.5 Å². The zero-order chi connectivity index (χ0) is 28.3. The van der Waals surface area contributed by atoms with E-state index in [1.807, 2.05) is 0 Å². The summed E-state index contributed by atoms with van der Waals surface area (Å²) in [5.41, 5.74) is 6.03. The van der Waals surface area contributed by atoms with Crippen LogP contribution in [0.25, 0.3) is 11.2 Å². The van der Waals surface area contributed by atoms with Crippen molar-refractivity contribution in [3.63, 3.8) is 0 Å². The summed E-state index contributed by atoms with van der Waals surface area (Å²) in [6.07, 6.45) is -3.83. The second-order valence-corrected chi connectivity index (χ2v) is 12.2. The normalized spacial score (nSPS) is 26.5. The molecule has 0 spiro atoms. The Morgan fingerprint density at radius 3 is 2.34 bits per heavy atom. The lowest BCUT2D eigenvalue weighted by molar-refractivity contribution is -0.141. The summed E-state index contributed by atoms with van der Waals surface area (Å²) in [6.45, 7) is -0.579. The summed E-state index contributed by atoms with van der Waals surface area (Å²) in [5, 5.41) is 20.7. The lowest BCUT2D eigenvalue weighted by atomic mass is 10.1. The van der Waals surface area contributed by atoms with E-state index in [1.165, 1.54) is 10.9 Å². The highest BCUT2D eigenvalue weighted by molar-refractivity contribution is 7.66. The number of aliphatic hydroxyl groups excluding tert-OH is 2. The van der Waals surface area contributed by atoms with Gasteiger partial charge in [0.05, 0.1) is 26.1 Å². The average molecular weight is 607 g/mol. The van der Waals surface area contributed by atoms with Gasteiger partial charge in [0.2, 0.25) is 0 Å². The van der Waals surface area contributed by atoms with Crippen molar-refractivity contribution in [3.05, 3.63) is 12.7 Å². The zero-order valence-electron chi connectivity index (χ0n) is 19.3. The van der Waals surface area contributed by atoms with E-state index in [0.29, 0.717) is 0 Å². The highest BCUT2D eigenvalue weighted by Crippen LogP contribution is 2.67. The standard InChI is InChI=1S/C15H24N5O15P3/c1-8(21)30-3-2-4-31-36(24,25)34-38(28,29)35-37(26,27)32-5-9-11(22)12(23)15(33-9)20-7-19-10-13(16)17-6-18-14(10)20/h6-7,9,11-12,15,22-23H,2-5H2,1H3,(H,24,25)(H,26,27)(H,28,29)(H2,16,17,18)/t9-,11-,12-,15-/m1/s1. The Balaban J connectivity index is 1.55. The monoisotopic (exact) mass is 607 g/mol. The molecule has 0 bridgehead atoms. The number of nitrogen functional groups attached to an aromatic ring is 1. The van der Waals surface area contributed by atoms with Crippen LogP contribution in [0.4, 0.5) is 5.82 Å². The van der Waals surface area contributed by atoms with E-state index < -0.39 is 67.2 Å². The number of nitrogens with two attached hydrogens (primary N) is 1. The second kappa shape index (κ2) is 12.1. The van der Waals surface area contributed by atoms with Gasteiger partial charge < -0.3 is 40.1 Å². The van der Waals surface area contributed by atoms with E-state index >= 15 is 0 Å². The van der Waals surface area contributed by atoms with Crippen LogP contribution in [0, 0.1) is 0 Å². The molecule has 38 heavy (non-hydrogen) atoms. The van der Waals surface area contributed by atoms with Gasteiger partial charge in [-0.2, -0.15) is 8.62 Å². The van der Waals surface area contributed by atoms with Gasteiger partial charge >= 0.3 is 29.4 Å². The van der Waals surface area contributed by atoms with Crippen LogP contribution in [0.1, 0.15) is 19.6 Å². The van der Waals surface area contributed by atoms with Gasteiger partial charge in [-0.15, -0.1) is 0 Å². The van der Waals surface area contributed by atoms with Crippen molar-refractivity contribution in [2.24, 2.45) is 0 Å². The number of rotatable bonds is 13. The van der Waals surface area contributed by atoms with Crippen molar-refractivity contribution in [1.29, 1.82) is 0 Å². The molecule has 1 aliphatic heterocycles. The number of nitrogens with zero attached hydrogens (tertiary/aromatic N) is 4. The fraction of sp³-hybridized carbons (Fsp3) is 0.600. The Hall–Kier alpha value is -1.89. The molecule has 20 nitrogen and oxygen atoms in total. The van der Waals surface area contributed by atoms with Gasteiger partial charge in [0.1, 0.15) is 30.2 Å². The van der Waals surface area contributed by atoms with Crippen LogP contribution in [0.2, 0.25) is 0 Å². The number of phosphoric acid groups is 3. The molecule has 0 aromatic carbocycles. The van der Waals surface area contributed by atoms with Crippen LogP contribution >= 0.6 is 23.5 Å². The molecular weight excluding hydrogens is 583 g/mol. The highest BCUT2D eigenvalue weighted by atomic mass is 31.3. The molecule has 1 saturated heterocycles. The SMILES string of the molecule is CC(=O)OCCCOP(=O)(O)OP(=O)(O)OP(=O)(O)OC[C@H]1O[C@@H](n2cnc3c(N)ncnc32)[C@H](O)[C@@H]1O. The number of phosphoric ester groups is 2. The molecule has 7 N–H and O–H groups in total. The number of hydrogen-bond donors (Lipinski definition) is 6.